The minimum absolute atomic E-state index is 0.102. The van der Waals surface area contributed by atoms with E-state index in [4.69, 9.17) is 37.0 Å². The Morgan fingerprint density at radius 1 is 0.337 bits per heavy atom. The molecule has 0 amide bonds. The fourth-order valence-corrected chi connectivity index (χ4v) is 12.2. The quantitative estimate of drug-likeness (QED) is 0.0169. The lowest BCUT2D eigenvalue weighted by Crippen LogP contribution is -2.30. The molecule has 0 rings (SSSR count). The highest BCUT2D eigenvalue weighted by atomic mass is 31.2. The number of esters is 4. The molecule has 17 nitrogen and oxygen atoms in total. The molecule has 92 heavy (non-hydrogen) atoms. The van der Waals surface area contributed by atoms with Crippen molar-refractivity contribution in [1.29, 1.82) is 0 Å². The number of phosphoric ester groups is 2. The second-order valence-electron chi connectivity index (χ2n) is 26.1. The molecule has 0 spiro atoms. The van der Waals surface area contributed by atoms with Gasteiger partial charge < -0.3 is 33.8 Å². The Morgan fingerprint density at radius 3 is 0.891 bits per heavy atom. The van der Waals surface area contributed by atoms with E-state index in [0.717, 1.165) is 116 Å². The van der Waals surface area contributed by atoms with Crippen molar-refractivity contribution < 1.29 is 80.2 Å². The van der Waals surface area contributed by atoms with Crippen molar-refractivity contribution in [1.82, 2.24) is 0 Å². The van der Waals surface area contributed by atoms with Gasteiger partial charge in [-0.25, -0.2) is 9.13 Å². The van der Waals surface area contributed by atoms with E-state index in [1.54, 1.807) is 0 Å². The summed E-state index contributed by atoms with van der Waals surface area (Å²) in [5, 5.41) is 10.6. The van der Waals surface area contributed by atoms with Gasteiger partial charge in [-0.1, -0.05) is 303 Å². The van der Waals surface area contributed by atoms with Gasteiger partial charge in [-0.05, 0) is 57.3 Å². The summed E-state index contributed by atoms with van der Waals surface area (Å²) in [5.74, 6) is -1.47. The number of aliphatic hydroxyl groups is 1. The average molecular weight is 1350 g/mol. The van der Waals surface area contributed by atoms with Crippen LogP contribution in [0.15, 0.2) is 24.3 Å². The molecule has 0 aliphatic carbocycles. The van der Waals surface area contributed by atoms with E-state index >= 15 is 0 Å². The van der Waals surface area contributed by atoms with Gasteiger partial charge in [0.1, 0.15) is 19.3 Å². The highest BCUT2D eigenvalue weighted by Crippen LogP contribution is 2.45. The average Bonchev–Trinajstić information content (AvgIpc) is 1.91. The van der Waals surface area contributed by atoms with E-state index in [-0.39, 0.29) is 25.7 Å². The Kier molecular flexibility index (Phi) is 64.0. The van der Waals surface area contributed by atoms with Crippen molar-refractivity contribution >= 4 is 39.5 Å². The van der Waals surface area contributed by atoms with Crippen molar-refractivity contribution in [3.8, 4) is 0 Å². The maximum absolute atomic E-state index is 13.0. The smallest absolute Gasteiger partial charge is 0.462 e. The Morgan fingerprint density at radius 2 is 0.587 bits per heavy atom. The van der Waals surface area contributed by atoms with Gasteiger partial charge in [-0.15, -0.1) is 0 Å². The molecule has 3 N–H and O–H groups in total. The van der Waals surface area contributed by atoms with Gasteiger partial charge >= 0.3 is 39.5 Å². The van der Waals surface area contributed by atoms with Crippen molar-refractivity contribution in [3.05, 3.63) is 24.3 Å². The highest BCUT2D eigenvalue weighted by Gasteiger charge is 2.30. The van der Waals surface area contributed by atoms with E-state index < -0.39 is 97.5 Å². The van der Waals surface area contributed by atoms with E-state index in [9.17, 15) is 43.2 Å². The van der Waals surface area contributed by atoms with Crippen molar-refractivity contribution in [2.24, 2.45) is 5.92 Å². The van der Waals surface area contributed by atoms with Crippen LogP contribution >= 0.6 is 15.6 Å². The summed E-state index contributed by atoms with van der Waals surface area (Å²) >= 11 is 0. The van der Waals surface area contributed by atoms with Gasteiger partial charge in [-0.3, -0.25) is 37.3 Å². The van der Waals surface area contributed by atoms with Crippen LogP contribution in [0.5, 0.6) is 0 Å². The van der Waals surface area contributed by atoms with Gasteiger partial charge in [0.15, 0.2) is 12.2 Å². The van der Waals surface area contributed by atoms with E-state index in [0.29, 0.717) is 31.6 Å². The number of hydrogen-bond acceptors (Lipinski definition) is 15. The standard InChI is InChI=1S/C73H138O17P2/c1-6-9-12-15-18-21-24-26-28-29-31-33-36-39-42-49-54-59-73(78)89-68(62-83-70(75)56-51-46-40-37-35-32-30-27-25-22-19-16-13-10-7-2)64-87-91(79,80)85-60-67(74)61-86-92(81,82)88-65-69(63-84-71(76)57-52-47-44-43-45-50-55-66(4)5)90-72(77)58-53-48-41-38-34-23-20-17-14-11-8-3/h22,25,27,30,66-69,74H,6-21,23-24,26,28-29,31-65H2,1-5H3,(H,79,80)(H,81,82)/b25-22-,30-27-/t67-,68-,69-/m1/s1. The minimum Gasteiger partial charge on any atom is -0.462 e. The summed E-state index contributed by atoms with van der Waals surface area (Å²) in [4.78, 5) is 72.6. The Labute approximate surface area is 561 Å². The molecule has 0 bridgehead atoms. The number of unbranched alkanes of at least 4 members (excludes halogenated alkanes) is 40. The van der Waals surface area contributed by atoms with Crippen LogP contribution in [0.25, 0.3) is 0 Å². The summed E-state index contributed by atoms with van der Waals surface area (Å²) in [5.41, 5.74) is 0. The van der Waals surface area contributed by atoms with Crippen LogP contribution in [0.3, 0.4) is 0 Å². The van der Waals surface area contributed by atoms with E-state index in [1.165, 1.54) is 154 Å². The zero-order valence-electron chi connectivity index (χ0n) is 59.2. The number of ether oxygens (including phenoxy) is 4. The second kappa shape index (κ2) is 65.8. The third-order valence-electron chi connectivity index (χ3n) is 16.4. The molecule has 542 valence electrons. The molecule has 0 aromatic heterocycles. The third-order valence-corrected chi connectivity index (χ3v) is 18.3. The predicted molar refractivity (Wildman–Crippen MR) is 372 cm³/mol. The summed E-state index contributed by atoms with van der Waals surface area (Å²) in [7, 11) is -9.91. The van der Waals surface area contributed by atoms with Gasteiger partial charge in [0.2, 0.25) is 0 Å². The summed E-state index contributed by atoms with van der Waals surface area (Å²) in [6.45, 7) is 7.11. The molecular formula is C73H138O17P2. The van der Waals surface area contributed by atoms with Crippen LogP contribution in [0.2, 0.25) is 0 Å². The molecule has 0 fully saturated rings. The molecule has 0 aromatic carbocycles. The van der Waals surface area contributed by atoms with Crippen molar-refractivity contribution in [2.45, 2.75) is 374 Å². The molecule has 0 aliphatic rings. The largest absolute Gasteiger partial charge is 0.472 e. The summed E-state index contributed by atoms with van der Waals surface area (Å²) in [6.07, 6.45) is 56.4. The van der Waals surface area contributed by atoms with Crippen LogP contribution in [0.1, 0.15) is 356 Å². The lowest BCUT2D eigenvalue weighted by atomic mass is 10.0. The molecule has 0 heterocycles. The number of carbonyl (C=O) groups excluding carboxylic acids is 4. The predicted octanol–water partition coefficient (Wildman–Crippen LogP) is 20.9. The van der Waals surface area contributed by atoms with Gasteiger partial charge in [0, 0.05) is 25.7 Å². The number of allylic oxidation sites excluding steroid dienone is 4. The second-order valence-corrected chi connectivity index (χ2v) is 29.0. The Balaban J connectivity index is 5.26. The summed E-state index contributed by atoms with van der Waals surface area (Å²) < 4.78 is 68.3. The number of aliphatic hydroxyl groups excluding tert-OH is 1. The van der Waals surface area contributed by atoms with E-state index in [2.05, 4.69) is 58.9 Å². The Hall–Kier alpha value is -2.46. The van der Waals surface area contributed by atoms with Crippen LogP contribution in [0, 0.1) is 5.92 Å². The fraction of sp³-hybridized carbons (Fsp3) is 0.890. The number of carbonyl (C=O) groups is 4. The SMILES string of the molecule is CCCCCC/C=C\C=C/CCCCCCCC(=O)OC[C@H](COP(=O)(O)OC[C@@H](O)COP(=O)(O)OC[C@@H](COC(=O)CCCCCCCCC(C)C)OC(=O)CCCCCCCCCCCCC)OC(=O)CCCCCCCCCCCCCCCCCCC. The van der Waals surface area contributed by atoms with Crippen LogP contribution in [-0.4, -0.2) is 96.7 Å². The first kappa shape index (κ1) is 89.5. The Bertz CT molecular complexity index is 1860. The van der Waals surface area contributed by atoms with Gasteiger partial charge in [0.05, 0.1) is 26.4 Å². The highest BCUT2D eigenvalue weighted by molar-refractivity contribution is 7.47. The first-order valence-corrected chi connectivity index (χ1v) is 40.4. The first-order valence-electron chi connectivity index (χ1n) is 37.5. The van der Waals surface area contributed by atoms with Crippen molar-refractivity contribution in [3.63, 3.8) is 0 Å². The topological polar surface area (TPSA) is 237 Å². The molecule has 0 aliphatic heterocycles. The molecule has 0 aromatic rings. The van der Waals surface area contributed by atoms with Crippen LogP contribution in [0.4, 0.5) is 0 Å². The van der Waals surface area contributed by atoms with Gasteiger partial charge in [0.25, 0.3) is 0 Å². The zero-order valence-corrected chi connectivity index (χ0v) is 61.0. The molecule has 0 radical (unpaired) electrons. The maximum Gasteiger partial charge on any atom is 0.472 e. The van der Waals surface area contributed by atoms with E-state index in [1.807, 2.05) is 0 Å². The normalized spacial score (nSPS) is 14.2. The molecule has 0 saturated heterocycles. The first-order chi connectivity index (χ1) is 44.5. The lowest BCUT2D eigenvalue weighted by molar-refractivity contribution is -0.161. The molecule has 5 atom stereocenters. The zero-order chi connectivity index (χ0) is 67.7. The summed E-state index contributed by atoms with van der Waals surface area (Å²) in [6, 6.07) is 0. The minimum atomic E-state index is -4.96. The number of rotatable bonds is 71. The molecule has 2 unspecified atom stereocenters. The fourth-order valence-electron chi connectivity index (χ4n) is 10.6. The van der Waals surface area contributed by atoms with Crippen molar-refractivity contribution in [2.75, 3.05) is 39.6 Å². The molecule has 19 heteroatoms. The van der Waals surface area contributed by atoms with Crippen LogP contribution < -0.4 is 0 Å². The third kappa shape index (κ3) is 66.2. The molecule has 0 saturated carbocycles. The maximum atomic E-state index is 13.0. The van der Waals surface area contributed by atoms with Crippen LogP contribution in [-0.2, 0) is 65.4 Å². The van der Waals surface area contributed by atoms with Gasteiger partial charge in [-0.2, -0.15) is 0 Å². The number of hydrogen-bond donors (Lipinski definition) is 3. The number of phosphoric acid groups is 2. The molecular weight excluding hydrogens is 1210 g/mol. The monoisotopic (exact) mass is 1350 g/mol. The lowest BCUT2D eigenvalue weighted by Gasteiger charge is -2.21.